The van der Waals surface area contributed by atoms with Crippen molar-refractivity contribution in [2.75, 3.05) is 0 Å². The molecule has 0 N–H and O–H groups in total. The van der Waals surface area contributed by atoms with Crippen molar-refractivity contribution in [3.8, 4) is 0 Å². The Labute approximate surface area is 108 Å². The van der Waals surface area contributed by atoms with Crippen LogP contribution in [-0.2, 0) is 26.2 Å². The molecule has 0 atom stereocenters. The molecular formula is C9H14Cl2Zr. The maximum absolute atomic E-state index is 3.05. The molecule has 0 bridgehead atoms. The fourth-order valence-corrected chi connectivity index (χ4v) is 0.499. The van der Waals surface area contributed by atoms with E-state index in [0.29, 0.717) is 0 Å². The van der Waals surface area contributed by atoms with Crippen molar-refractivity contribution in [3.63, 3.8) is 0 Å². The van der Waals surface area contributed by atoms with Gasteiger partial charge in [-0.05, 0) is 0 Å². The third kappa shape index (κ3) is 17.1. The van der Waals surface area contributed by atoms with Crippen LogP contribution in [0.2, 0.25) is 0 Å². The second-order valence-corrected chi connectivity index (χ2v) is 2.08. The summed E-state index contributed by atoms with van der Waals surface area (Å²) < 4.78 is 0. The van der Waals surface area contributed by atoms with E-state index < -0.39 is 0 Å². The molecule has 0 aliphatic heterocycles. The first-order valence-corrected chi connectivity index (χ1v) is 3.28. The first-order valence-electron chi connectivity index (χ1n) is 3.28. The van der Waals surface area contributed by atoms with Gasteiger partial charge in [-0.15, -0.1) is 13.3 Å². The van der Waals surface area contributed by atoms with E-state index in [0.717, 1.165) is 6.42 Å². The molecule has 0 nitrogen and oxygen atoms in total. The zero-order valence-electron chi connectivity index (χ0n) is 7.70. The van der Waals surface area contributed by atoms with E-state index in [2.05, 4.69) is 19.1 Å². The molecule has 0 aromatic rings. The van der Waals surface area contributed by atoms with Gasteiger partial charge in [0.05, 0.1) is 0 Å². The molecule has 12 heavy (non-hydrogen) atoms. The van der Waals surface area contributed by atoms with Crippen molar-refractivity contribution in [1.82, 2.24) is 0 Å². The van der Waals surface area contributed by atoms with E-state index in [1.807, 2.05) is 26.3 Å². The minimum Gasteiger partial charge on any atom is -1.00 e. The van der Waals surface area contributed by atoms with Gasteiger partial charge in [0, 0.05) is 0 Å². The van der Waals surface area contributed by atoms with E-state index in [-0.39, 0.29) is 51.0 Å². The summed E-state index contributed by atoms with van der Waals surface area (Å²) >= 11 is 0. The van der Waals surface area contributed by atoms with Gasteiger partial charge >= 0.3 is 26.2 Å². The molecule has 0 saturated heterocycles. The average molecular weight is 284 g/mol. The van der Waals surface area contributed by atoms with Crippen molar-refractivity contribution in [3.05, 3.63) is 30.2 Å². The topological polar surface area (TPSA) is 0 Å². The molecule has 0 spiro atoms. The molecule has 68 valence electrons. The third-order valence-electron chi connectivity index (χ3n) is 0.872. The summed E-state index contributed by atoms with van der Waals surface area (Å²) in [4.78, 5) is 0. The van der Waals surface area contributed by atoms with Gasteiger partial charge in [0.15, 0.2) is 0 Å². The van der Waals surface area contributed by atoms with Crippen LogP contribution in [0, 0.1) is 12.5 Å². The summed E-state index contributed by atoms with van der Waals surface area (Å²) in [5.41, 5.74) is 1.34. The summed E-state index contributed by atoms with van der Waals surface area (Å²) in [5, 5.41) is 0. The van der Waals surface area contributed by atoms with Crippen molar-refractivity contribution >= 4 is 0 Å². The molecule has 1 aliphatic carbocycles. The Hall–Kier alpha value is 0.943. The maximum atomic E-state index is 3.05. The van der Waals surface area contributed by atoms with Crippen LogP contribution in [0.15, 0.2) is 17.7 Å². The Morgan fingerprint density at radius 3 is 1.83 bits per heavy atom. The Morgan fingerprint density at radius 1 is 1.33 bits per heavy atom. The second-order valence-electron chi connectivity index (χ2n) is 2.08. The number of allylic oxidation sites excluding steroid dienone is 4. The standard InChI is InChI=1S/C6H7.C3H7.2ClH.Zr/c1-6-4-2-3-5-6;1-3-2;;;/h4-5H,2H2,1H3;3H,1-2H3;2*1H;/q2*-1;;;+4/p-2. The van der Waals surface area contributed by atoms with Gasteiger partial charge in [0.2, 0.25) is 0 Å². The Balaban J connectivity index is -0.0000000489. The van der Waals surface area contributed by atoms with Crippen molar-refractivity contribution in [2.24, 2.45) is 0 Å². The van der Waals surface area contributed by atoms with Crippen LogP contribution in [0.5, 0.6) is 0 Å². The van der Waals surface area contributed by atoms with Gasteiger partial charge in [-0.3, -0.25) is 6.08 Å². The molecule has 0 aromatic carbocycles. The predicted octanol–water partition coefficient (Wildman–Crippen LogP) is -3.07. The predicted molar refractivity (Wildman–Crippen MR) is 41.8 cm³/mol. The normalized spacial score (nSPS) is 10.8. The fraction of sp³-hybridized carbons (Fsp3) is 0.444. The van der Waals surface area contributed by atoms with Gasteiger partial charge in [0.25, 0.3) is 0 Å². The number of hydrogen-bond acceptors (Lipinski definition) is 0. The molecule has 0 radical (unpaired) electrons. The molecule has 0 unspecified atom stereocenters. The molecule has 1 rings (SSSR count). The quantitative estimate of drug-likeness (QED) is 0.414. The van der Waals surface area contributed by atoms with E-state index >= 15 is 0 Å². The Bertz CT molecular complexity index is 117. The first kappa shape index (κ1) is 23.1. The summed E-state index contributed by atoms with van der Waals surface area (Å²) in [7, 11) is 0. The van der Waals surface area contributed by atoms with Crippen LogP contribution < -0.4 is 24.8 Å². The van der Waals surface area contributed by atoms with Crippen LogP contribution in [-0.4, -0.2) is 0 Å². The van der Waals surface area contributed by atoms with Gasteiger partial charge in [-0.2, -0.15) is 19.9 Å². The van der Waals surface area contributed by atoms with Crippen LogP contribution in [0.25, 0.3) is 0 Å². The maximum Gasteiger partial charge on any atom is 4.00 e. The minimum absolute atomic E-state index is 0. The molecule has 0 fully saturated rings. The SMILES string of the molecule is CC1=CC[C-]=C1.C[CH-]C.[Cl-].[Cl-].[Zr+4]. The Morgan fingerprint density at radius 2 is 1.75 bits per heavy atom. The molecule has 3 heteroatoms. The third-order valence-corrected chi connectivity index (χ3v) is 0.872. The van der Waals surface area contributed by atoms with Gasteiger partial charge in [0.1, 0.15) is 0 Å². The molecular weight excluding hydrogens is 270 g/mol. The monoisotopic (exact) mass is 282 g/mol. The van der Waals surface area contributed by atoms with Crippen LogP contribution in [0.4, 0.5) is 0 Å². The summed E-state index contributed by atoms with van der Waals surface area (Å²) in [6.45, 7) is 6.08. The first-order chi connectivity index (χ1) is 4.31. The largest absolute Gasteiger partial charge is 4.00 e. The molecule has 0 saturated carbocycles. The second kappa shape index (κ2) is 17.9. The zero-order chi connectivity index (χ0) is 7.11. The van der Waals surface area contributed by atoms with Crippen molar-refractivity contribution < 1.29 is 51.0 Å². The number of rotatable bonds is 0. The fourth-order valence-electron chi connectivity index (χ4n) is 0.499. The van der Waals surface area contributed by atoms with Crippen LogP contribution in [0.1, 0.15) is 27.2 Å². The summed E-state index contributed by atoms with van der Waals surface area (Å²) in [6.07, 6.45) is 10.2. The summed E-state index contributed by atoms with van der Waals surface area (Å²) in [6, 6.07) is 0. The van der Waals surface area contributed by atoms with Crippen LogP contribution >= 0.6 is 0 Å². The zero-order valence-corrected chi connectivity index (χ0v) is 11.7. The van der Waals surface area contributed by atoms with Crippen molar-refractivity contribution in [1.29, 1.82) is 0 Å². The van der Waals surface area contributed by atoms with Gasteiger partial charge in [-0.1, -0.05) is 0 Å². The number of hydrogen-bond donors (Lipinski definition) is 0. The van der Waals surface area contributed by atoms with Gasteiger partial charge < -0.3 is 31.2 Å². The number of halogens is 2. The molecule has 1 aliphatic rings. The molecule has 0 heterocycles. The van der Waals surface area contributed by atoms with Crippen molar-refractivity contribution in [2.45, 2.75) is 27.2 Å². The summed E-state index contributed by atoms with van der Waals surface area (Å²) in [5.74, 6) is 0. The van der Waals surface area contributed by atoms with E-state index in [4.69, 9.17) is 0 Å². The smallest absolute Gasteiger partial charge is 1.00 e. The van der Waals surface area contributed by atoms with E-state index in [1.165, 1.54) is 5.57 Å². The average Bonchev–Trinajstić information content (AvgIpc) is 2.20. The molecule has 0 amide bonds. The Kier molecular flexibility index (Phi) is 34.4. The van der Waals surface area contributed by atoms with Crippen LogP contribution in [0.3, 0.4) is 0 Å². The minimum atomic E-state index is 0. The van der Waals surface area contributed by atoms with Gasteiger partial charge in [-0.25, -0.2) is 11.6 Å². The molecule has 0 aromatic heterocycles. The van der Waals surface area contributed by atoms with E-state index in [9.17, 15) is 0 Å². The van der Waals surface area contributed by atoms with E-state index in [1.54, 1.807) is 0 Å².